The number of rotatable bonds is 7. The largest absolute Gasteiger partial charge is 0.408 e. The summed E-state index contributed by atoms with van der Waals surface area (Å²) in [5.74, 6) is 0. The molecule has 0 unspecified atom stereocenters. The Kier molecular flexibility index (Phi) is 6.96. The van der Waals surface area contributed by atoms with E-state index in [2.05, 4.69) is 6.92 Å². The summed E-state index contributed by atoms with van der Waals surface area (Å²) in [6, 6.07) is 0. The lowest BCUT2D eigenvalue weighted by atomic mass is 10.4. The summed E-state index contributed by atoms with van der Waals surface area (Å²) in [6.45, 7) is 6.87. The molecule has 0 aliphatic rings. The van der Waals surface area contributed by atoms with Gasteiger partial charge in [-0.25, -0.2) is 0 Å². The van der Waals surface area contributed by atoms with Gasteiger partial charge in [-0.1, -0.05) is 13.3 Å². The van der Waals surface area contributed by atoms with E-state index in [0.717, 1.165) is 12.8 Å². The van der Waals surface area contributed by atoms with E-state index in [1.54, 1.807) is 0 Å². The molecule has 12 heavy (non-hydrogen) atoms. The molecule has 0 aliphatic heterocycles. The van der Waals surface area contributed by atoms with E-state index >= 15 is 0 Å². The van der Waals surface area contributed by atoms with Crippen LogP contribution in [0.25, 0.3) is 0 Å². The van der Waals surface area contributed by atoms with Crippen LogP contribution in [0.1, 0.15) is 33.6 Å². The van der Waals surface area contributed by atoms with E-state index < -0.39 is 7.94 Å². The minimum absolute atomic E-state index is 0.522. The molecule has 0 spiro atoms. The number of hydrogen-bond acceptors (Lipinski definition) is 3. The minimum atomic E-state index is -2.49. The van der Waals surface area contributed by atoms with E-state index in [0.29, 0.717) is 19.4 Å². The third-order valence-corrected chi connectivity index (χ3v) is 3.66. The van der Waals surface area contributed by atoms with E-state index in [1.807, 2.05) is 13.8 Å². The fourth-order valence-corrected chi connectivity index (χ4v) is 2.78. The predicted octanol–water partition coefficient (Wildman–Crippen LogP) is 2.61. The Morgan fingerprint density at radius 2 is 1.58 bits per heavy atom. The van der Waals surface area contributed by atoms with Gasteiger partial charge in [-0.2, -0.15) is 13.9 Å². The van der Waals surface area contributed by atoms with Crippen LogP contribution in [0, 0.1) is 0 Å². The van der Waals surface area contributed by atoms with Crippen LogP contribution in [0.3, 0.4) is 0 Å². The molecule has 0 aromatic heterocycles. The van der Waals surface area contributed by atoms with Crippen LogP contribution in [-0.2, 0) is 9.05 Å². The van der Waals surface area contributed by atoms with E-state index in [4.69, 9.17) is 9.05 Å². The first-order valence-electron chi connectivity index (χ1n) is 4.58. The monoisotopic (exact) mass is 195 g/mol. The van der Waals surface area contributed by atoms with Gasteiger partial charge in [0.25, 0.3) is 0 Å². The Labute approximate surface area is 75.7 Å². The van der Waals surface area contributed by atoms with E-state index in [-0.39, 0.29) is 0 Å². The zero-order chi connectivity index (χ0) is 9.45. The molecule has 0 aliphatic carbocycles. The van der Waals surface area contributed by atoms with E-state index in [1.165, 1.54) is 0 Å². The van der Waals surface area contributed by atoms with Crippen molar-refractivity contribution in [1.82, 2.24) is 0 Å². The minimum Gasteiger partial charge on any atom is -0.193 e. The Bertz CT molecular complexity index is 102. The third kappa shape index (κ3) is 5.04. The van der Waals surface area contributed by atoms with Crippen molar-refractivity contribution in [2.24, 2.45) is 0 Å². The summed E-state index contributed by atoms with van der Waals surface area (Å²) in [6.07, 6.45) is 2.68. The lowest BCUT2D eigenvalue weighted by Gasteiger charge is -2.14. The van der Waals surface area contributed by atoms with Crippen molar-refractivity contribution in [2.75, 3.05) is 19.4 Å². The molecule has 0 amide bonds. The molecule has 0 aromatic carbocycles. The van der Waals surface area contributed by atoms with Crippen LogP contribution < -0.4 is 0 Å². The lowest BCUT2D eigenvalue weighted by molar-refractivity contribution is 0.189. The molecule has 0 radical (unpaired) electrons. The summed E-state index contributed by atoms with van der Waals surface area (Å²) in [4.78, 5) is 9.81. The Morgan fingerprint density at radius 3 is 1.92 bits per heavy atom. The van der Waals surface area contributed by atoms with Crippen molar-refractivity contribution in [3.63, 3.8) is 0 Å². The first kappa shape index (κ1) is 12.3. The molecule has 3 nitrogen and oxygen atoms in total. The summed E-state index contributed by atoms with van der Waals surface area (Å²) >= 11 is 0. The molecule has 1 N–H and O–H groups in total. The summed E-state index contributed by atoms with van der Waals surface area (Å²) in [5.41, 5.74) is 0. The Balaban J connectivity index is 3.80. The van der Waals surface area contributed by atoms with Crippen LogP contribution in [-0.4, -0.2) is 24.3 Å². The maximum absolute atomic E-state index is 9.81. The Morgan fingerprint density at radius 1 is 1.08 bits per heavy atom. The number of hydrogen-bond donors (Lipinski definition) is 1. The van der Waals surface area contributed by atoms with Crippen molar-refractivity contribution in [3.05, 3.63) is 0 Å². The van der Waals surface area contributed by atoms with Gasteiger partial charge in [-0.3, -0.25) is 0 Å². The average molecular weight is 195 g/mol. The van der Waals surface area contributed by atoms with Crippen molar-refractivity contribution < 1.29 is 13.9 Å². The normalized spacial score (nSPS) is 12.0. The first-order chi connectivity index (χ1) is 5.68. The van der Waals surface area contributed by atoms with Gasteiger partial charge in [0.15, 0.2) is 0 Å². The molecule has 0 fully saturated rings. The summed E-state index contributed by atoms with van der Waals surface area (Å²) < 4.78 is 10.4. The second-order valence-corrected chi connectivity index (χ2v) is 4.79. The molecule has 74 valence electrons. The smallest absolute Gasteiger partial charge is 0.193 e. The van der Waals surface area contributed by atoms with E-state index in [9.17, 15) is 4.89 Å². The molecule has 0 aromatic rings. The van der Waals surface area contributed by atoms with Gasteiger partial charge in [0.05, 0.1) is 13.2 Å². The first-order valence-corrected chi connectivity index (χ1v) is 6.34. The fourth-order valence-electron chi connectivity index (χ4n) is 0.928. The van der Waals surface area contributed by atoms with Crippen LogP contribution in [0.5, 0.6) is 0 Å². The predicted molar refractivity (Wildman–Crippen MR) is 52.2 cm³/mol. The molecule has 0 rings (SSSR count). The molecule has 4 heteroatoms. The van der Waals surface area contributed by atoms with Crippen LogP contribution >= 0.6 is 7.94 Å². The number of unbranched alkanes of at least 4 members (excludes halogenated alkanes) is 1. The van der Waals surface area contributed by atoms with Crippen LogP contribution in [0.4, 0.5) is 0 Å². The van der Waals surface area contributed by atoms with Gasteiger partial charge in [-0.15, -0.1) is 0 Å². The maximum atomic E-state index is 9.81. The highest BCUT2D eigenvalue weighted by Crippen LogP contribution is 2.57. The van der Waals surface area contributed by atoms with Crippen LogP contribution in [0.15, 0.2) is 0 Å². The zero-order valence-electron chi connectivity index (χ0n) is 8.25. The highest BCUT2D eigenvalue weighted by Gasteiger charge is 2.38. The Hall–Kier alpha value is 0.310. The van der Waals surface area contributed by atoms with Gasteiger partial charge in [0, 0.05) is 0 Å². The lowest BCUT2D eigenvalue weighted by Crippen LogP contribution is -2.06. The van der Waals surface area contributed by atoms with Crippen molar-refractivity contribution in [2.45, 2.75) is 33.6 Å². The molecular weight excluding hydrogens is 175 g/mol. The van der Waals surface area contributed by atoms with Crippen LogP contribution in [0.2, 0.25) is 0 Å². The van der Waals surface area contributed by atoms with Crippen molar-refractivity contribution in [1.29, 1.82) is 0 Å². The topological polar surface area (TPSA) is 38.7 Å². The molecule has 0 heterocycles. The standard InChI is InChI=1S/C8H20O3P/c1-4-7-8-12(9,10-5-2)11-6-3/h9H,4-8H2,1-3H3/q+1. The quantitative estimate of drug-likeness (QED) is 0.634. The fraction of sp³-hybridized carbons (Fsp3) is 1.00. The summed E-state index contributed by atoms with van der Waals surface area (Å²) in [5, 5.41) is 0. The molecule has 0 atom stereocenters. The summed E-state index contributed by atoms with van der Waals surface area (Å²) in [7, 11) is -2.49. The average Bonchev–Trinajstić information content (AvgIpc) is 2.02. The highest BCUT2D eigenvalue weighted by molar-refractivity contribution is 7.60. The van der Waals surface area contributed by atoms with Gasteiger partial charge >= 0.3 is 7.94 Å². The third-order valence-electron chi connectivity index (χ3n) is 1.46. The van der Waals surface area contributed by atoms with Gasteiger partial charge < -0.3 is 0 Å². The maximum Gasteiger partial charge on any atom is 0.408 e. The molecular formula is C8H20O3P+. The molecule has 0 saturated carbocycles. The van der Waals surface area contributed by atoms with Gasteiger partial charge in [0.1, 0.15) is 6.16 Å². The van der Waals surface area contributed by atoms with Crippen molar-refractivity contribution >= 4 is 7.94 Å². The second-order valence-electron chi connectivity index (χ2n) is 2.55. The van der Waals surface area contributed by atoms with Gasteiger partial charge in [-0.05, 0) is 20.3 Å². The molecule has 0 bridgehead atoms. The SMILES string of the molecule is CCCC[P+](O)(OCC)OCC. The molecule has 0 saturated heterocycles. The zero-order valence-corrected chi connectivity index (χ0v) is 9.14. The van der Waals surface area contributed by atoms with Crippen molar-refractivity contribution in [3.8, 4) is 0 Å². The van der Waals surface area contributed by atoms with Gasteiger partial charge in [0.2, 0.25) is 0 Å². The highest BCUT2D eigenvalue weighted by atomic mass is 31.2. The second kappa shape index (κ2) is 6.79.